The third-order valence-corrected chi connectivity index (χ3v) is 4.44. The highest BCUT2D eigenvalue weighted by atomic mass is 16.2. The number of carbonyl (C=O) groups excluding carboxylic acids is 1. The number of fused-ring (bicyclic) bond motifs is 1. The lowest BCUT2D eigenvalue weighted by molar-refractivity contribution is -0.123. The normalized spacial score (nSPS) is 23.4. The van der Waals surface area contributed by atoms with E-state index in [1.165, 1.54) is 12.8 Å². The number of hydrogen-bond donors (Lipinski definition) is 3. The number of aromatic amines is 1. The summed E-state index contributed by atoms with van der Waals surface area (Å²) in [5.74, 6) is 0.0784. The van der Waals surface area contributed by atoms with Gasteiger partial charge < -0.3 is 10.3 Å². The van der Waals surface area contributed by atoms with Crippen molar-refractivity contribution in [3.05, 3.63) is 17.7 Å². The summed E-state index contributed by atoms with van der Waals surface area (Å²) in [6.45, 7) is 3.56. The smallest absolute Gasteiger partial charge is 0.237 e. The summed E-state index contributed by atoms with van der Waals surface area (Å²) in [6.07, 6.45) is 4.94. The van der Waals surface area contributed by atoms with Gasteiger partial charge in [0.2, 0.25) is 5.91 Å². The van der Waals surface area contributed by atoms with Gasteiger partial charge in [0.05, 0.1) is 23.8 Å². The highest BCUT2D eigenvalue weighted by molar-refractivity contribution is 5.82. The SMILES string of the molecule is CC(CNC(=O)C1Cc2nc[nH]c2CN1)N(C)C1CC1. The van der Waals surface area contributed by atoms with Crippen molar-refractivity contribution in [2.45, 2.75) is 50.9 Å². The monoisotopic (exact) mass is 277 g/mol. The van der Waals surface area contributed by atoms with Crippen LogP contribution in [0.1, 0.15) is 31.2 Å². The summed E-state index contributed by atoms with van der Waals surface area (Å²) in [5.41, 5.74) is 2.10. The highest BCUT2D eigenvalue weighted by Gasteiger charge is 2.30. The third kappa shape index (κ3) is 2.86. The molecule has 110 valence electrons. The van der Waals surface area contributed by atoms with Crippen LogP contribution in [0, 0.1) is 0 Å². The predicted molar refractivity (Wildman–Crippen MR) is 76.2 cm³/mol. The van der Waals surface area contributed by atoms with Gasteiger partial charge in [-0.05, 0) is 26.8 Å². The van der Waals surface area contributed by atoms with Gasteiger partial charge in [-0.3, -0.25) is 15.0 Å². The van der Waals surface area contributed by atoms with E-state index < -0.39 is 0 Å². The first-order valence-electron chi connectivity index (χ1n) is 7.39. The number of amides is 1. The van der Waals surface area contributed by atoms with Crippen LogP contribution in [0.3, 0.4) is 0 Å². The number of likely N-dealkylation sites (N-methyl/N-ethyl adjacent to an activating group) is 1. The summed E-state index contributed by atoms with van der Waals surface area (Å²) in [6, 6.07) is 0.946. The Morgan fingerprint density at radius 3 is 3.15 bits per heavy atom. The second-order valence-electron chi connectivity index (χ2n) is 5.96. The van der Waals surface area contributed by atoms with Crippen molar-refractivity contribution >= 4 is 5.91 Å². The Kier molecular flexibility index (Phi) is 3.76. The Balaban J connectivity index is 1.47. The number of aromatic nitrogens is 2. The second-order valence-corrected chi connectivity index (χ2v) is 5.96. The van der Waals surface area contributed by atoms with Crippen LogP contribution in [0.2, 0.25) is 0 Å². The van der Waals surface area contributed by atoms with E-state index in [-0.39, 0.29) is 11.9 Å². The van der Waals surface area contributed by atoms with Gasteiger partial charge in [0.1, 0.15) is 0 Å². The zero-order valence-electron chi connectivity index (χ0n) is 12.1. The first-order valence-corrected chi connectivity index (χ1v) is 7.39. The van der Waals surface area contributed by atoms with Crippen molar-refractivity contribution < 1.29 is 4.79 Å². The number of rotatable bonds is 5. The van der Waals surface area contributed by atoms with Crippen LogP contribution in [-0.2, 0) is 17.8 Å². The van der Waals surface area contributed by atoms with Crippen molar-refractivity contribution in [2.24, 2.45) is 0 Å². The summed E-state index contributed by atoms with van der Waals surface area (Å²) in [7, 11) is 2.14. The minimum absolute atomic E-state index is 0.0784. The number of H-pyrrole nitrogens is 1. The van der Waals surface area contributed by atoms with Gasteiger partial charge in [0.25, 0.3) is 0 Å². The van der Waals surface area contributed by atoms with Crippen molar-refractivity contribution in [1.82, 2.24) is 25.5 Å². The molecule has 0 aromatic carbocycles. The van der Waals surface area contributed by atoms with Gasteiger partial charge in [-0.25, -0.2) is 4.98 Å². The molecule has 2 unspecified atom stereocenters. The first-order chi connectivity index (χ1) is 9.65. The molecule has 0 radical (unpaired) electrons. The summed E-state index contributed by atoms with van der Waals surface area (Å²) in [5, 5.41) is 6.31. The van der Waals surface area contributed by atoms with Gasteiger partial charge in [0.15, 0.2) is 0 Å². The van der Waals surface area contributed by atoms with Crippen LogP contribution in [0.25, 0.3) is 0 Å². The minimum atomic E-state index is -0.163. The molecule has 1 fully saturated rings. The fourth-order valence-electron chi connectivity index (χ4n) is 2.71. The molecule has 2 atom stereocenters. The summed E-state index contributed by atoms with van der Waals surface area (Å²) >= 11 is 0. The third-order valence-electron chi connectivity index (χ3n) is 4.44. The Bertz CT molecular complexity index is 482. The van der Waals surface area contributed by atoms with Crippen LogP contribution < -0.4 is 10.6 Å². The van der Waals surface area contributed by atoms with Crippen molar-refractivity contribution in [3.63, 3.8) is 0 Å². The average Bonchev–Trinajstić information content (AvgIpc) is 3.20. The standard InChI is InChI=1S/C14H23N5O/c1-9(19(2)10-3-4-10)6-16-14(20)12-5-11-13(7-15-12)18-8-17-11/h8-10,12,15H,3-7H2,1-2H3,(H,16,20)(H,17,18). The molecule has 3 N–H and O–H groups in total. The number of nitrogens with zero attached hydrogens (tertiary/aromatic N) is 2. The molecule has 0 bridgehead atoms. The van der Waals surface area contributed by atoms with Gasteiger partial charge in [-0.2, -0.15) is 0 Å². The van der Waals surface area contributed by atoms with Gasteiger partial charge in [-0.1, -0.05) is 0 Å². The molecule has 1 amide bonds. The largest absolute Gasteiger partial charge is 0.353 e. The van der Waals surface area contributed by atoms with E-state index in [9.17, 15) is 4.79 Å². The molecule has 1 aromatic heterocycles. The van der Waals surface area contributed by atoms with E-state index in [2.05, 4.69) is 39.5 Å². The molecule has 1 aromatic rings. The lowest BCUT2D eigenvalue weighted by Gasteiger charge is -2.27. The van der Waals surface area contributed by atoms with Gasteiger partial charge in [-0.15, -0.1) is 0 Å². The summed E-state index contributed by atoms with van der Waals surface area (Å²) < 4.78 is 0. The highest BCUT2D eigenvalue weighted by Crippen LogP contribution is 2.26. The summed E-state index contributed by atoms with van der Waals surface area (Å²) in [4.78, 5) is 21.9. The van der Waals surface area contributed by atoms with Crippen molar-refractivity contribution in [1.29, 1.82) is 0 Å². The molecule has 6 nitrogen and oxygen atoms in total. The predicted octanol–water partition coefficient (Wildman–Crippen LogP) is 0.0229. The molecule has 2 heterocycles. The quantitative estimate of drug-likeness (QED) is 0.709. The van der Waals surface area contributed by atoms with Crippen LogP contribution in [0.15, 0.2) is 6.33 Å². The van der Waals surface area contributed by atoms with E-state index in [4.69, 9.17) is 0 Å². The number of imidazole rings is 1. The molecule has 1 saturated carbocycles. The number of hydrogen-bond acceptors (Lipinski definition) is 4. The zero-order chi connectivity index (χ0) is 14.1. The molecular weight excluding hydrogens is 254 g/mol. The van der Waals surface area contributed by atoms with E-state index >= 15 is 0 Å². The number of nitrogens with one attached hydrogen (secondary N) is 3. The van der Waals surface area contributed by atoms with Crippen molar-refractivity contribution in [3.8, 4) is 0 Å². The molecule has 2 aliphatic rings. The fraction of sp³-hybridized carbons (Fsp3) is 0.714. The van der Waals surface area contributed by atoms with Crippen LogP contribution >= 0.6 is 0 Å². The molecule has 0 saturated heterocycles. The lowest BCUT2D eigenvalue weighted by atomic mass is 10.0. The number of carbonyl (C=O) groups is 1. The molecule has 6 heteroatoms. The van der Waals surface area contributed by atoms with E-state index in [1.807, 2.05) is 0 Å². The lowest BCUT2D eigenvalue weighted by Crippen LogP contribution is -2.50. The Hall–Kier alpha value is -1.40. The maximum Gasteiger partial charge on any atom is 0.237 e. The second kappa shape index (κ2) is 5.54. The average molecular weight is 277 g/mol. The molecule has 0 spiro atoms. The Morgan fingerprint density at radius 1 is 1.60 bits per heavy atom. The minimum Gasteiger partial charge on any atom is -0.353 e. The zero-order valence-corrected chi connectivity index (χ0v) is 12.1. The molecule has 1 aliphatic heterocycles. The molecule has 20 heavy (non-hydrogen) atoms. The molecule has 1 aliphatic carbocycles. The van der Waals surface area contributed by atoms with Crippen LogP contribution in [0.5, 0.6) is 0 Å². The maximum atomic E-state index is 12.2. The van der Waals surface area contributed by atoms with E-state index in [1.54, 1.807) is 6.33 Å². The Labute approximate surface area is 119 Å². The molecule has 3 rings (SSSR count). The van der Waals surface area contributed by atoms with Gasteiger partial charge in [0, 0.05) is 31.6 Å². The van der Waals surface area contributed by atoms with Gasteiger partial charge >= 0.3 is 0 Å². The van der Waals surface area contributed by atoms with Crippen molar-refractivity contribution in [2.75, 3.05) is 13.6 Å². The van der Waals surface area contributed by atoms with E-state index in [0.717, 1.165) is 17.4 Å². The van der Waals surface area contributed by atoms with Crippen LogP contribution in [-0.4, -0.2) is 52.5 Å². The topological polar surface area (TPSA) is 73.0 Å². The van der Waals surface area contributed by atoms with E-state index in [0.29, 0.717) is 25.6 Å². The van der Waals surface area contributed by atoms with Crippen LogP contribution in [0.4, 0.5) is 0 Å². The fourth-order valence-corrected chi connectivity index (χ4v) is 2.71. The Morgan fingerprint density at radius 2 is 2.40 bits per heavy atom. The molecular formula is C14H23N5O. The first kappa shape index (κ1) is 13.6. The maximum absolute atomic E-state index is 12.2.